The molecule has 3 heteroatoms. The first-order chi connectivity index (χ1) is 8.38. The van der Waals surface area contributed by atoms with Crippen LogP contribution < -0.4 is 11.1 Å². The van der Waals surface area contributed by atoms with Crippen molar-refractivity contribution in [1.29, 1.82) is 0 Å². The van der Waals surface area contributed by atoms with Crippen LogP contribution in [0, 0.1) is 6.92 Å². The van der Waals surface area contributed by atoms with E-state index in [2.05, 4.69) is 5.32 Å². The van der Waals surface area contributed by atoms with Crippen LogP contribution in [-0.2, 0) is 4.79 Å². The van der Waals surface area contributed by atoms with Gasteiger partial charge in [-0.15, -0.1) is 0 Å². The number of carbonyl (C=O) groups is 1. The molecule has 3 nitrogen and oxygen atoms in total. The summed E-state index contributed by atoms with van der Waals surface area (Å²) in [5.74, 6) is -0.0832. The zero-order valence-electron chi connectivity index (χ0n) is 11.8. The normalized spacial score (nSPS) is 15.8. The average Bonchev–Trinajstić information content (AvgIpc) is 2.29. The van der Waals surface area contributed by atoms with Crippen molar-refractivity contribution in [3.8, 4) is 0 Å². The summed E-state index contributed by atoms with van der Waals surface area (Å²) < 4.78 is 0. The van der Waals surface area contributed by atoms with Crippen molar-refractivity contribution in [3.63, 3.8) is 0 Å². The molecule has 0 aromatic heterocycles. The molecule has 0 radical (unpaired) electrons. The highest BCUT2D eigenvalue weighted by Gasteiger charge is 2.28. The second-order valence-corrected chi connectivity index (χ2v) is 5.22. The Hall–Kier alpha value is -1.35. The quantitative estimate of drug-likeness (QED) is 0.841. The Labute approximate surface area is 110 Å². The molecule has 1 amide bonds. The third kappa shape index (κ3) is 3.57. The lowest BCUT2D eigenvalue weighted by Crippen LogP contribution is -2.52. The Bertz CT molecular complexity index is 413. The van der Waals surface area contributed by atoms with Crippen molar-refractivity contribution in [2.24, 2.45) is 5.73 Å². The summed E-state index contributed by atoms with van der Waals surface area (Å²) >= 11 is 0. The first-order valence-electron chi connectivity index (χ1n) is 6.54. The SMILES string of the molecule is CCCC(C)(N)C(=O)NC(C)c1ccccc1C. The molecule has 1 aromatic carbocycles. The van der Waals surface area contributed by atoms with E-state index in [4.69, 9.17) is 5.73 Å². The van der Waals surface area contributed by atoms with Crippen LogP contribution in [0.1, 0.15) is 50.8 Å². The minimum Gasteiger partial charge on any atom is -0.348 e. The minimum atomic E-state index is -0.786. The van der Waals surface area contributed by atoms with Gasteiger partial charge in [-0.3, -0.25) is 4.79 Å². The lowest BCUT2D eigenvalue weighted by molar-refractivity contribution is -0.126. The molecule has 2 unspecified atom stereocenters. The number of nitrogens with two attached hydrogens (primary N) is 1. The van der Waals surface area contributed by atoms with Crippen molar-refractivity contribution in [2.75, 3.05) is 0 Å². The maximum absolute atomic E-state index is 12.1. The maximum atomic E-state index is 12.1. The van der Waals surface area contributed by atoms with Gasteiger partial charge in [0.25, 0.3) is 0 Å². The fourth-order valence-electron chi connectivity index (χ4n) is 2.14. The van der Waals surface area contributed by atoms with Crippen LogP contribution in [-0.4, -0.2) is 11.4 Å². The molecule has 0 aliphatic rings. The Balaban J connectivity index is 2.74. The van der Waals surface area contributed by atoms with E-state index in [1.54, 1.807) is 6.92 Å². The van der Waals surface area contributed by atoms with Gasteiger partial charge in [-0.1, -0.05) is 37.6 Å². The molecule has 0 aliphatic carbocycles. The van der Waals surface area contributed by atoms with Crippen LogP contribution in [0.2, 0.25) is 0 Å². The van der Waals surface area contributed by atoms with Gasteiger partial charge in [0.15, 0.2) is 0 Å². The standard InChI is InChI=1S/C15H24N2O/c1-5-10-15(4,16)14(18)17-12(3)13-9-7-6-8-11(13)2/h6-9,12H,5,10,16H2,1-4H3,(H,17,18). The number of carbonyl (C=O) groups excluding carboxylic acids is 1. The monoisotopic (exact) mass is 248 g/mol. The summed E-state index contributed by atoms with van der Waals surface area (Å²) in [6.07, 6.45) is 1.60. The van der Waals surface area contributed by atoms with E-state index in [1.807, 2.05) is 45.0 Å². The van der Waals surface area contributed by atoms with Gasteiger partial charge in [-0.05, 0) is 38.3 Å². The van der Waals surface area contributed by atoms with Gasteiger partial charge in [0.1, 0.15) is 0 Å². The Morgan fingerprint density at radius 2 is 2.06 bits per heavy atom. The molecule has 0 spiro atoms. The van der Waals surface area contributed by atoms with Gasteiger partial charge >= 0.3 is 0 Å². The second-order valence-electron chi connectivity index (χ2n) is 5.22. The van der Waals surface area contributed by atoms with Gasteiger partial charge in [0, 0.05) is 0 Å². The van der Waals surface area contributed by atoms with Crippen molar-refractivity contribution >= 4 is 5.91 Å². The third-order valence-electron chi connectivity index (χ3n) is 3.29. The molecule has 0 aliphatic heterocycles. The largest absolute Gasteiger partial charge is 0.348 e. The zero-order chi connectivity index (χ0) is 13.8. The molecule has 18 heavy (non-hydrogen) atoms. The first kappa shape index (κ1) is 14.7. The molecular formula is C15H24N2O. The second kappa shape index (κ2) is 6.01. The fourth-order valence-corrected chi connectivity index (χ4v) is 2.14. The summed E-state index contributed by atoms with van der Waals surface area (Å²) in [5.41, 5.74) is 7.55. The van der Waals surface area contributed by atoms with Crippen LogP contribution >= 0.6 is 0 Å². The average molecular weight is 248 g/mol. The van der Waals surface area contributed by atoms with Crippen LogP contribution in [0.15, 0.2) is 24.3 Å². The number of aryl methyl sites for hydroxylation is 1. The molecule has 0 saturated heterocycles. The van der Waals surface area contributed by atoms with Gasteiger partial charge in [-0.2, -0.15) is 0 Å². The van der Waals surface area contributed by atoms with Gasteiger partial charge in [0.2, 0.25) is 5.91 Å². The van der Waals surface area contributed by atoms with Crippen molar-refractivity contribution < 1.29 is 4.79 Å². The van der Waals surface area contributed by atoms with E-state index in [9.17, 15) is 4.79 Å². The topological polar surface area (TPSA) is 55.1 Å². The summed E-state index contributed by atoms with van der Waals surface area (Å²) in [6, 6.07) is 8.05. The Kier molecular flexibility index (Phi) is 4.91. The minimum absolute atomic E-state index is 0.0153. The van der Waals surface area contributed by atoms with E-state index < -0.39 is 5.54 Å². The van der Waals surface area contributed by atoms with Crippen LogP contribution in [0.3, 0.4) is 0 Å². The van der Waals surface area contributed by atoms with E-state index in [-0.39, 0.29) is 11.9 Å². The van der Waals surface area contributed by atoms with E-state index in [0.29, 0.717) is 6.42 Å². The predicted octanol–water partition coefficient (Wildman–Crippen LogP) is 2.69. The van der Waals surface area contributed by atoms with E-state index in [1.165, 1.54) is 5.56 Å². The van der Waals surface area contributed by atoms with Gasteiger partial charge in [0.05, 0.1) is 11.6 Å². The highest BCUT2D eigenvalue weighted by atomic mass is 16.2. The molecule has 0 bridgehead atoms. The number of benzene rings is 1. The van der Waals surface area contributed by atoms with Crippen molar-refractivity contribution in [3.05, 3.63) is 35.4 Å². The molecule has 1 aromatic rings. The summed E-state index contributed by atoms with van der Waals surface area (Å²) in [7, 11) is 0. The van der Waals surface area contributed by atoms with Crippen molar-refractivity contribution in [2.45, 2.75) is 52.1 Å². The van der Waals surface area contributed by atoms with E-state index in [0.717, 1.165) is 12.0 Å². The Morgan fingerprint density at radius 1 is 1.44 bits per heavy atom. The molecule has 0 heterocycles. The molecule has 1 rings (SSSR count). The summed E-state index contributed by atoms with van der Waals surface area (Å²) in [5, 5.41) is 3.00. The highest BCUT2D eigenvalue weighted by Crippen LogP contribution is 2.18. The zero-order valence-corrected chi connectivity index (χ0v) is 11.8. The van der Waals surface area contributed by atoms with Gasteiger partial charge in [-0.25, -0.2) is 0 Å². The van der Waals surface area contributed by atoms with Crippen LogP contribution in [0.25, 0.3) is 0 Å². The molecule has 0 saturated carbocycles. The smallest absolute Gasteiger partial charge is 0.240 e. The predicted molar refractivity (Wildman–Crippen MR) is 75.2 cm³/mol. The first-order valence-corrected chi connectivity index (χ1v) is 6.54. The lowest BCUT2D eigenvalue weighted by atomic mass is 9.95. The summed E-state index contributed by atoms with van der Waals surface area (Å²) in [4.78, 5) is 12.1. The molecule has 100 valence electrons. The Morgan fingerprint density at radius 3 is 2.61 bits per heavy atom. The third-order valence-corrected chi connectivity index (χ3v) is 3.29. The number of nitrogens with one attached hydrogen (secondary N) is 1. The number of hydrogen-bond acceptors (Lipinski definition) is 2. The molecular weight excluding hydrogens is 224 g/mol. The molecule has 3 N–H and O–H groups in total. The fraction of sp³-hybridized carbons (Fsp3) is 0.533. The summed E-state index contributed by atoms with van der Waals surface area (Å²) in [6.45, 7) is 7.85. The number of rotatable bonds is 5. The maximum Gasteiger partial charge on any atom is 0.240 e. The van der Waals surface area contributed by atoms with Gasteiger partial charge < -0.3 is 11.1 Å². The number of amides is 1. The van der Waals surface area contributed by atoms with Crippen LogP contribution in [0.5, 0.6) is 0 Å². The van der Waals surface area contributed by atoms with E-state index >= 15 is 0 Å². The van der Waals surface area contributed by atoms with Crippen molar-refractivity contribution in [1.82, 2.24) is 5.32 Å². The number of hydrogen-bond donors (Lipinski definition) is 2. The lowest BCUT2D eigenvalue weighted by Gasteiger charge is -2.26. The molecule has 0 fully saturated rings. The highest BCUT2D eigenvalue weighted by molar-refractivity contribution is 5.85. The molecule has 2 atom stereocenters. The van der Waals surface area contributed by atoms with Crippen LogP contribution in [0.4, 0.5) is 0 Å².